The van der Waals surface area contributed by atoms with Gasteiger partial charge in [-0.15, -0.1) is 0 Å². The number of pyridine rings is 1. The quantitative estimate of drug-likeness (QED) is 0.458. The molecule has 0 radical (unpaired) electrons. The average molecular weight is 209 g/mol. The monoisotopic (exact) mass is 209 g/mol. The van der Waals surface area contributed by atoms with Gasteiger partial charge >= 0.3 is 5.69 Å². The van der Waals surface area contributed by atoms with Crippen LogP contribution < -0.4 is 5.73 Å². The third-order valence-corrected chi connectivity index (χ3v) is 2.23. The summed E-state index contributed by atoms with van der Waals surface area (Å²) in [6.07, 6.45) is 5.18. The Kier molecular flexibility index (Phi) is 4.03. The SMILES string of the molecule is CCCCCc1nccc(N)c1[N+](=O)[O-]. The number of nitrogens with zero attached hydrogens (tertiary/aromatic N) is 2. The normalized spacial score (nSPS) is 10.2. The van der Waals surface area contributed by atoms with Gasteiger partial charge in [0.15, 0.2) is 0 Å². The molecule has 0 saturated carbocycles. The maximum Gasteiger partial charge on any atom is 0.313 e. The van der Waals surface area contributed by atoms with E-state index in [4.69, 9.17) is 5.73 Å². The lowest BCUT2D eigenvalue weighted by Gasteiger charge is -2.03. The maximum absolute atomic E-state index is 10.8. The number of nitrogens with two attached hydrogens (primary N) is 1. The van der Waals surface area contributed by atoms with Crippen LogP contribution in [0, 0.1) is 10.1 Å². The highest BCUT2D eigenvalue weighted by molar-refractivity contribution is 5.59. The Hall–Kier alpha value is -1.65. The number of aromatic nitrogens is 1. The largest absolute Gasteiger partial charge is 0.393 e. The van der Waals surface area contributed by atoms with Crippen molar-refractivity contribution in [3.63, 3.8) is 0 Å². The van der Waals surface area contributed by atoms with Crippen LogP contribution in [0.5, 0.6) is 0 Å². The molecular formula is C10H15N3O2. The van der Waals surface area contributed by atoms with E-state index in [-0.39, 0.29) is 11.4 Å². The van der Waals surface area contributed by atoms with Gasteiger partial charge in [-0.05, 0) is 18.9 Å². The Morgan fingerprint density at radius 1 is 1.53 bits per heavy atom. The molecule has 0 saturated heterocycles. The molecule has 15 heavy (non-hydrogen) atoms. The first-order valence-electron chi connectivity index (χ1n) is 5.04. The number of nitro groups is 1. The number of aryl methyl sites for hydroxylation is 1. The van der Waals surface area contributed by atoms with Gasteiger partial charge in [0.2, 0.25) is 0 Å². The molecule has 1 heterocycles. The van der Waals surface area contributed by atoms with Gasteiger partial charge in [0.05, 0.1) is 4.92 Å². The van der Waals surface area contributed by atoms with Crippen molar-refractivity contribution in [3.8, 4) is 0 Å². The van der Waals surface area contributed by atoms with Crippen LogP contribution in [0.15, 0.2) is 12.3 Å². The van der Waals surface area contributed by atoms with E-state index >= 15 is 0 Å². The maximum atomic E-state index is 10.8. The number of hydrogen-bond acceptors (Lipinski definition) is 4. The van der Waals surface area contributed by atoms with E-state index in [1.807, 2.05) is 0 Å². The Morgan fingerprint density at radius 2 is 2.27 bits per heavy atom. The smallest absolute Gasteiger partial charge is 0.313 e. The third-order valence-electron chi connectivity index (χ3n) is 2.23. The molecule has 5 nitrogen and oxygen atoms in total. The molecule has 0 aliphatic rings. The zero-order valence-electron chi connectivity index (χ0n) is 8.77. The molecule has 0 aliphatic carbocycles. The number of nitrogen functional groups attached to an aromatic ring is 1. The summed E-state index contributed by atoms with van der Waals surface area (Å²) >= 11 is 0. The molecule has 0 amide bonds. The van der Waals surface area contributed by atoms with E-state index in [1.165, 1.54) is 12.3 Å². The van der Waals surface area contributed by atoms with Crippen molar-refractivity contribution >= 4 is 11.4 Å². The molecule has 0 unspecified atom stereocenters. The number of anilines is 1. The Labute approximate surface area is 88.5 Å². The second-order valence-corrected chi connectivity index (χ2v) is 3.41. The summed E-state index contributed by atoms with van der Waals surface area (Å²) in [7, 11) is 0. The lowest BCUT2D eigenvalue weighted by Crippen LogP contribution is -2.02. The summed E-state index contributed by atoms with van der Waals surface area (Å²) in [5.74, 6) is 0. The minimum Gasteiger partial charge on any atom is -0.393 e. The minimum atomic E-state index is -0.455. The van der Waals surface area contributed by atoms with Crippen molar-refractivity contribution in [2.24, 2.45) is 0 Å². The molecule has 0 aliphatic heterocycles. The first-order valence-corrected chi connectivity index (χ1v) is 5.04. The highest BCUT2D eigenvalue weighted by Crippen LogP contribution is 2.25. The van der Waals surface area contributed by atoms with Gasteiger partial charge in [-0.1, -0.05) is 19.8 Å². The molecule has 82 valence electrons. The van der Waals surface area contributed by atoms with E-state index in [2.05, 4.69) is 11.9 Å². The van der Waals surface area contributed by atoms with Crippen LogP contribution in [0.3, 0.4) is 0 Å². The average Bonchev–Trinajstić information content (AvgIpc) is 2.17. The molecule has 1 rings (SSSR count). The van der Waals surface area contributed by atoms with Gasteiger partial charge < -0.3 is 5.73 Å². The van der Waals surface area contributed by atoms with Crippen LogP contribution in [0.4, 0.5) is 11.4 Å². The van der Waals surface area contributed by atoms with E-state index in [9.17, 15) is 10.1 Å². The van der Waals surface area contributed by atoms with E-state index in [0.29, 0.717) is 12.1 Å². The highest BCUT2D eigenvalue weighted by atomic mass is 16.6. The fourth-order valence-corrected chi connectivity index (χ4v) is 1.45. The Balaban J connectivity index is 2.86. The molecule has 1 aromatic heterocycles. The molecule has 1 aromatic rings. The van der Waals surface area contributed by atoms with Gasteiger partial charge in [-0.3, -0.25) is 15.1 Å². The van der Waals surface area contributed by atoms with Crippen LogP contribution in [0.2, 0.25) is 0 Å². The molecule has 0 aromatic carbocycles. The van der Waals surface area contributed by atoms with E-state index in [1.54, 1.807) is 0 Å². The molecule has 0 bridgehead atoms. The summed E-state index contributed by atoms with van der Waals surface area (Å²) < 4.78 is 0. The standard InChI is InChI=1S/C10H15N3O2/c1-2-3-4-5-9-10(13(14)15)8(11)6-7-12-9/h6-7H,2-5H2,1H3,(H2,11,12). The van der Waals surface area contributed by atoms with Crippen molar-refractivity contribution in [2.75, 3.05) is 5.73 Å². The van der Waals surface area contributed by atoms with Gasteiger partial charge in [0.1, 0.15) is 11.4 Å². The summed E-state index contributed by atoms with van der Waals surface area (Å²) in [6, 6.07) is 1.46. The first kappa shape index (κ1) is 11.4. The van der Waals surface area contributed by atoms with Crippen LogP contribution in [-0.2, 0) is 6.42 Å². The predicted molar refractivity (Wildman–Crippen MR) is 58.5 cm³/mol. The molecule has 2 N–H and O–H groups in total. The minimum absolute atomic E-state index is 0.0337. The predicted octanol–water partition coefficient (Wildman–Crippen LogP) is 2.30. The van der Waals surface area contributed by atoms with Crippen molar-refractivity contribution in [2.45, 2.75) is 32.6 Å². The summed E-state index contributed by atoms with van der Waals surface area (Å²) in [5, 5.41) is 10.8. The fourth-order valence-electron chi connectivity index (χ4n) is 1.45. The summed E-state index contributed by atoms with van der Waals surface area (Å²) in [4.78, 5) is 14.3. The fraction of sp³-hybridized carbons (Fsp3) is 0.500. The van der Waals surface area contributed by atoms with Gasteiger partial charge in [0, 0.05) is 6.20 Å². The lowest BCUT2D eigenvalue weighted by molar-refractivity contribution is -0.385. The van der Waals surface area contributed by atoms with Crippen LogP contribution in [0.1, 0.15) is 31.9 Å². The molecular weight excluding hydrogens is 194 g/mol. The topological polar surface area (TPSA) is 82.0 Å². The highest BCUT2D eigenvalue weighted by Gasteiger charge is 2.18. The Bertz CT molecular complexity index is 353. The van der Waals surface area contributed by atoms with E-state index < -0.39 is 4.92 Å². The van der Waals surface area contributed by atoms with Crippen LogP contribution >= 0.6 is 0 Å². The third kappa shape index (κ3) is 2.90. The molecule has 0 atom stereocenters. The number of unbranched alkanes of at least 4 members (excludes halogenated alkanes) is 2. The molecule has 0 fully saturated rings. The summed E-state index contributed by atoms with van der Waals surface area (Å²) in [5.41, 5.74) is 6.20. The zero-order valence-corrected chi connectivity index (χ0v) is 8.77. The number of rotatable bonds is 5. The number of hydrogen-bond donors (Lipinski definition) is 1. The van der Waals surface area contributed by atoms with Gasteiger partial charge in [0.25, 0.3) is 0 Å². The van der Waals surface area contributed by atoms with Crippen LogP contribution in [0.25, 0.3) is 0 Å². The molecule has 5 heteroatoms. The second-order valence-electron chi connectivity index (χ2n) is 3.41. The van der Waals surface area contributed by atoms with Crippen molar-refractivity contribution < 1.29 is 4.92 Å². The van der Waals surface area contributed by atoms with E-state index in [0.717, 1.165) is 19.3 Å². The van der Waals surface area contributed by atoms with Gasteiger partial charge in [-0.2, -0.15) is 0 Å². The zero-order chi connectivity index (χ0) is 11.3. The first-order chi connectivity index (χ1) is 7.16. The Morgan fingerprint density at radius 3 is 2.87 bits per heavy atom. The van der Waals surface area contributed by atoms with Gasteiger partial charge in [-0.25, -0.2) is 0 Å². The lowest BCUT2D eigenvalue weighted by atomic mass is 10.1. The summed E-state index contributed by atoms with van der Waals surface area (Å²) in [6.45, 7) is 2.08. The van der Waals surface area contributed by atoms with Crippen LogP contribution in [-0.4, -0.2) is 9.91 Å². The van der Waals surface area contributed by atoms with Crippen molar-refractivity contribution in [3.05, 3.63) is 28.1 Å². The van der Waals surface area contributed by atoms with Crippen molar-refractivity contribution in [1.82, 2.24) is 4.98 Å². The molecule has 0 spiro atoms. The van der Waals surface area contributed by atoms with Crippen molar-refractivity contribution in [1.29, 1.82) is 0 Å². The second kappa shape index (κ2) is 5.29.